The Kier molecular flexibility index (Phi) is 7.61. The molecular weight excluding hydrogens is 363 g/mol. The van der Waals surface area contributed by atoms with Gasteiger partial charge in [-0.25, -0.2) is 14.6 Å². The van der Waals surface area contributed by atoms with Crippen molar-refractivity contribution >= 4 is 47.6 Å². The number of aliphatic carboxylic acids is 1. The Hall–Kier alpha value is -2.57. The molecule has 0 unspecified atom stereocenters. The van der Waals surface area contributed by atoms with Gasteiger partial charge < -0.3 is 19.7 Å². The zero-order chi connectivity index (χ0) is 20.4. The number of aromatic nitrogens is 2. The van der Waals surface area contributed by atoms with Gasteiger partial charge in [-0.1, -0.05) is 0 Å². The third-order valence-electron chi connectivity index (χ3n) is 3.81. The minimum atomic E-state index is -1.18. The number of carboxylic acid groups (broad SMARTS) is 1. The van der Waals surface area contributed by atoms with Crippen LogP contribution in [-0.4, -0.2) is 62.1 Å². The number of hydrogen-bond donors (Lipinski definition) is 2. The Morgan fingerprint density at radius 3 is 2.57 bits per heavy atom. The maximum Gasteiger partial charge on any atom is 0.408 e. The van der Waals surface area contributed by atoms with Crippen LogP contribution in [0.1, 0.15) is 33.0 Å². The van der Waals surface area contributed by atoms with E-state index >= 15 is 0 Å². The van der Waals surface area contributed by atoms with Crippen LogP contribution >= 0.6 is 0 Å². The third kappa shape index (κ3) is 5.97. The van der Waals surface area contributed by atoms with Crippen LogP contribution in [0, 0.1) is 10.1 Å². The van der Waals surface area contributed by atoms with Crippen molar-refractivity contribution in [3.8, 4) is 0 Å². The summed E-state index contributed by atoms with van der Waals surface area (Å²) in [5, 5.41) is 22.5. The number of nitro groups is 1. The molecule has 1 heterocycles. The molecule has 0 aliphatic heterocycles. The van der Waals surface area contributed by atoms with E-state index in [0.29, 0.717) is 16.9 Å². The molecule has 1 atom stereocenters. The number of benzene rings is 1. The number of imidazole rings is 1. The minimum Gasteiger partial charge on any atom is -0.480 e. The van der Waals surface area contributed by atoms with Crippen molar-refractivity contribution < 1.29 is 24.4 Å². The number of fused-ring (bicyclic) bond motifs is 1. The molecule has 28 heavy (non-hydrogen) atoms. The summed E-state index contributed by atoms with van der Waals surface area (Å²) >= 11 is 0. The molecule has 2 aromatic rings. The zero-order valence-corrected chi connectivity index (χ0v) is 16.6. The van der Waals surface area contributed by atoms with Crippen molar-refractivity contribution in [1.82, 2.24) is 14.9 Å². The molecule has 0 aliphatic rings. The van der Waals surface area contributed by atoms with Gasteiger partial charge in [0.25, 0.3) is 5.69 Å². The fourth-order valence-corrected chi connectivity index (χ4v) is 2.56. The van der Waals surface area contributed by atoms with Crippen molar-refractivity contribution in [3.05, 3.63) is 34.1 Å². The predicted octanol–water partition coefficient (Wildman–Crippen LogP) is 2.01. The predicted molar refractivity (Wildman–Crippen MR) is 102 cm³/mol. The molecule has 10 nitrogen and oxygen atoms in total. The number of rotatable bonds is 6. The zero-order valence-electron chi connectivity index (χ0n) is 16.6. The van der Waals surface area contributed by atoms with E-state index < -0.39 is 28.6 Å². The molecule has 147 valence electrons. The number of carbonyl (C=O) groups excluding carboxylic acids is 1. The topological polar surface area (TPSA) is 137 Å². The Labute approximate surface area is 173 Å². The first-order chi connectivity index (χ1) is 12.5. The van der Waals surface area contributed by atoms with E-state index in [9.17, 15) is 24.8 Å². The van der Waals surface area contributed by atoms with Crippen molar-refractivity contribution in [2.75, 3.05) is 0 Å². The van der Waals surface area contributed by atoms with E-state index in [2.05, 4.69) is 10.3 Å². The second-order valence-corrected chi connectivity index (χ2v) is 7.09. The second-order valence-electron chi connectivity index (χ2n) is 7.09. The Morgan fingerprint density at radius 1 is 1.39 bits per heavy atom. The number of nitrogens with zero attached hydrogens (tertiary/aromatic N) is 3. The quantitative estimate of drug-likeness (QED) is 0.441. The average molecular weight is 385 g/mol. The van der Waals surface area contributed by atoms with Gasteiger partial charge in [-0.2, -0.15) is 0 Å². The molecule has 1 radical (unpaired) electrons. The fraction of sp³-hybridized carbons (Fsp3) is 0.471. The molecule has 1 amide bonds. The third-order valence-corrected chi connectivity index (χ3v) is 3.81. The molecule has 2 N–H and O–H groups in total. The smallest absolute Gasteiger partial charge is 0.408 e. The summed E-state index contributed by atoms with van der Waals surface area (Å²) in [4.78, 5) is 38.0. The Morgan fingerprint density at radius 2 is 2.04 bits per heavy atom. The van der Waals surface area contributed by atoms with E-state index in [1.807, 2.05) is 0 Å². The van der Waals surface area contributed by atoms with Gasteiger partial charge in [-0.15, -0.1) is 0 Å². The molecule has 0 saturated heterocycles. The second kappa shape index (κ2) is 9.08. The summed E-state index contributed by atoms with van der Waals surface area (Å²) in [6, 6.07) is 3.20. The molecule has 0 spiro atoms. The number of amides is 1. The summed E-state index contributed by atoms with van der Waals surface area (Å²) in [5.41, 5.74) is 0.345. The van der Waals surface area contributed by atoms with Crippen LogP contribution in [0.2, 0.25) is 0 Å². The number of hydrogen-bond acceptors (Lipinski definition) is 6. The molecular formula is C17H22LiN4O6. The standard InChI is InChI=1S/C17H22N4O6.Li/c1-17(2,3)27-16(24)19-11(15(22)23)6-8-14-18-12-9-10(21(25)26)5-7-13(12)20(14)4;/h5,7,9,11H,6,8H2,1-4H3,(H,19,24)(H,22,23);/t11-;/m0./s1. The monoisotopic (exact) mass is 385 g/mol. The molecule has 11 heteroatoms. The molecule has 0 aliphatic carbocycles. The summed E-state index contributed by atoms with van der Waals surface area (Å²) in [7, 11) is 1.74. The van der Waals surface area contributed by atoms with E-state index in [1.54, 1.807) is 38.5 Å². The van der Waals surface area contributed by atoms with E-state index in [0.717, 1.165) is 0 Å². The van der Waals surface area contributed by atoms with Crippen LogP contribution in [0.5, 0.6) is 0 Å². The molecule has 0 fully saturated rings. The number of aryl methyl sites for hydroxylation is 2. The van der Waals surface area contributed by atoms with E-state index in [-0.39, 0.29) is 37.4 Å². The number of nitrogens with one attached hydrogen (secondary N) is 1. The molecule has 1 aromatic heterocycles. The van der Waals surface area contributed by atoms with Crippen molar-refractivity contribution in [2.24, 2.45) is 7.05 Å². The molecule has 0 saturated carbocycles. The van der Waals surface area contributed by atoms with E-state index in [1.165, 1.54) is 12.1 Å². The van der Waals surface area contributed by atoms with Gasteiger partial charge in [0.05, 0.1) is 16.0 Å². The summed E-state index contributed by atoms with van der Waals surface area (Å²) in [6.45, 7) is 5.04. The Balaban J connectivity index is 0.00000392. The van der Waals surface area contributed by atoms with Gasteiger partial charge >= 0.3 is 12.1 Å². The number of alkyl carbamates (subject to hydrolysis) is 1. The van der Waals surface area contributed by atoms with Crippen LogP contribution in [-0.2, 0) is 23.0 Å². The van der Waals surface area contributed by atoms with E-state index in [4.69, 9.17) is 4.74 Å². The first kappa shape index (κ1) is 23.5. The van der Waals surface area contributed by atoms with Crippen LogP contribution in [0.15, 0.2) is 18.2 Å². The maximum absolute atomic E-state index is 11.8. The molecule has 1 aromatic carbocycles. The summed E-state index contributed by atoms with van der Waals surface area (Å²) < 4.78 is 6.82. The summed E-state index contributed by atoms with van der Waals surface area (Å²) in [5.74, 6) is -0.627. The number of ether oxygens (including phenoxy) is 1. The van der Waals surface area contributed by atoms with Crippen molar-refractivity contribution in [3.63, 3.8) is 0 Å². The van der Waals surface area contributed by atoms with Gasteiger partial charge in [0.15, 0.2) is 0 Å². The first-order valence-electron chi connectivity index (χ1n) is 8.30. The van der Waals surface area contributed by atoms with Crippen LogP contribution in [0.25, 0.3) is 11.0 Å². The normalized spacial score (nSPS) is 12.1. The van der Waals surface area contributed by atoms with Crippen LogP contribution in [0.3, 0.4) is 0 Å². The molecule has 2 rings (SSSR count). The first-order valence-corrected chi connectivity index (χ1v) is 8.30. The van der Waals surface area contributed by atoms with Crippen molar-refractivity contribution in [2.45, 2.75) is 45.3 Å². The van der Waals surface area contributed by atoms with Crippen LogP contribution < -0.4 is 5.32 Å². The Bertz CT molecular complexity index is 890. The average Bonchev–Trinajstić information content (AvgIpc) is 2.85. The summed E-state index contributed by atoms with van der Waals surface area (Å²) in [6.07, 6.45) is -0.463. The van der Waals surface area contributed by atoms with Gasteiger partial charge in [0.2, 0.25) is 0 Å². The molecule has 0 bridgehead atoms. The van der Waals surface area contributed by atoms with Gasteiger partial charge in [0, 0.05) is 44.5 Å². The fourth-order valence-electron chi connectivity index (χ4n) is 2.56. The number of non-ortho nitro benzene ring substituents is 1. The maximum atomic E-state index is 11.8. The van der Waals surface area contributed by atoms with Gasteiger partial charge in [-0.3, -0.25) is 10.1 Å². The SMILES string of the molecule is Cn1c(CC[C@H](NC(=O)OC(C)(C)C)C(=O)O)nc2cc([N+](=O)[O-])ccc21.[Li]. The number of carbonyl (C=O) groups is 2. The van der Waals surface area contributed by atoms with Crippen LogP contribution in [0.4, 0.5) is 10.5 Å². The minimum absolute atomic E-state index is 0. The van der Waals surface area contributed by atoms with Gasteiger partial charge in [0.1, 0.15) is 17.5 Å². The van der Waals surface area contributed by atoms with Gasteiger partial charge in [-0.05, 0) is 33.3 Å². The number of nitro benzene ring substituents is 1. The van der Waals surface area contributed by atoms with Crippen molar-refractivity contribution in [1.29, 1.82) is 0 Å². The number of carboxylic acids is 1. The largest absolute Gasteiger partial charge is 0.480 e.